The van der Waals surface area contributed by atoms with Crippen molar-refractivity contribution in [1.29, 1.82) is 0 Å². The fraction of sp³-hybridized carbons (Fsp3) is 0.308. The molecule has 0 aliphatic rings. The topological polar surface area (TPSA) is 43.8 Å². The summed E-state index contributed by atoms with van der Waals surface area (Å²) >= 11 is 11.9. The molecule has 1 heterocycles. The number of nitrogens with zero attached hydrogens (tertiary/aromatic N) is 2. The Kier molecular flexibility index (Phi) is 4.27. The van der Waals surface area contributed by atoms with Gasteiger partial charge in [-0.25, -0.2) is 0 Å². The molecule has 0 fully saturated rings. The summed E-state index contributed by atoms with van der Waals surface area (Å²) in [7, 11) is 0. The molecule has 0 saturated heterocycles. The molecule has 0 aliphatic carbocycles. The number of halogens is 2. The maximum Gasteiger partial charge on any atom is 0.0595 e. The van der Waals surface area contributed by atoms with Crippen LogP contribution in [0.25, 0.3) is 0 Å². The molecule has 1 atom stereocenters. The van der Waals surface area contributed by atoms with Crippen molar-refractivity contribution >= 4 is 23.2 Å². The van der Waals surface area contributed by atoms with Crippen LogP contribution in [0.2, 0.25) is 10.0 Å². The molecule has 0 radical (unpaired) electrons. The first-order valence-electron chi connectivity index (χ1n) is 5.83. The van der Waals surface area contributed by atoms with Crippen LogP contribution < -0.4 is 5.73 Å². The predicted molar refractivity (Wildman–Crippen MR) is 75.0 cm³/mol. The van der Waals surface area contributed by atoms with E-state index in [1.807, 2.05) is 29.8 Å². The van der Waals surface area contributed by atoms with Gasteiger partial charge in [-0.15, -0.1) is 0 Å². The molecule has 18 heavy (non-hydrogen) atoms. The Balaban J connectivity index is 2.16. The van der Waals surface area contributed by atoms with Gasteiger partial charge in [0.2, 0.25) is 0 Å². The quantitative estimate of drug-likeness (QED) is 0.934. The molecule has 3 nitrogen and oxygen atoms in total. The van der Waals surface area contributed by atoms with E-state index in [0.29, 0.717) is 16.5 Å². The highest BCUT2D eigenvalue weighted by atomic mass is 35.5. The van der Waals surface area contributed by atoms with E-state index in [1.54, 1.807) is 12.3 Å². The van der Waals surface area contributed by atoms with Crippen LogP contribution in [-0.2, 0) is 13.0 Å². The van der Waals surface area contributed by atoms with Crippen molar-refractivity contribution in [3.05, 3.63) is 51.8 Å². The van der Waals surface area contributed by atoms with Crippen LogP contribution in [0.4, 0.5) is 0 Å². The summed E-state index contributed by atoms with van der Waals surface area (Å²) in [4.78, 5) is 0. The maximum absolute atomic E-state index is 6.20. The second-order valence-electron chi connectivity index (χ2n) is 4.13. The van der Waals surface area contributed by atoms with Crippen molar-refractivity contribution in [3.8, 4) is 0 Å². The third kappa shape index (κ3) is 2.86. The molecule has 1 aromatic carbocycles. The van der Waals surface area contributed by atoms with E-state index in [-0.39, 0.29) is 6.04 Å². The SMILES string of the molecule is CCn1nccc1C(N)Cc1ccc(Cl)c(Cl)c1. The Morgan fingerprint density at radius 2 is 2.06 bits per heavy atom. The Labute approximate surface area is 117 Å². The number of hydrogen-bond donors (Lipinski definition) is 1. The van der Waals surface area contributed by atoms with E-state index >= 15 is 0 Å². The highest BCUT2D eigenvalue weighted by molar-refractivity contribution is 6.42. The van der Waals surface area contributed by atoms with Crippen molar-refractivity contribution in [2.75, 3.05) is 0 Å². The first kappa shape index (κ1) is 13.4. The Morgan fingerprint density at radius 1 is 1.28 bits per heavy atom. The number of aromatic nitrogens is 2. The summed E-state index contributed by atoms with van der Waals surface area (Å²) in [6.45, 7) is 2.86. The molecule has 0 aliphatic heterocycles. The average Bonchev–Trinajstić information content (AvgIpc) is 2.82. The summed E-state index contributed by atoms with van der Waals surface area (Å²) in [6, 6.07) is 7.45. The lowest BCUT2D eigenvalue weighted by atomic mass is 10.0. The first-order valence-corrected chi connectivity index (χ1v) is 6.58. The van der Waals surface area contributed by atoms with Crippen LogP contribution in [0.3, 0.4) is 0 Å². The third-order valence-electron chi connectivity index (χ3n) is 2.87. The number of hydrogen-bond acceptors (Lipinski definition) is 2. The minimum atomic E-state index is -0.0929. The monoisotopic (exact) mass is 283 g/mol. The Hall–Kier alpha value is -1.03. The lowest BCUT2D eigenvalue weighted by Crippen LogP contribution is -2.18. The molecule has 2 aromatic rings. The molecular formula is C13H15Cl2N3. The Morgan fingerprint density at radius 3 is 2.72 bits per heavy atom. The van der Waals surface area contributed by atoms with Crippen LogP contribution in [-0.4, -0.2) is 9.78 Å². The van der Waals surface area contributed by atoms with Gasteiger partial charge in [-0.1, -0.05) is 29.3 Å². The number of benzene rings is 1. The zero-order valence-electron chi connectivity index (χ0n) is 10.1. The minimum absolute atomic E-state index is 0.0929. The van der Waals surface area contributed by atoms with Crippen molar-refractivity contribution in [1.82, 2.24) is 9.78 Å². The second kappa shape index (κ2) is 5.74. The highest BCUT2D eigenvalue weighted by Gasteiger charge is 2.12. The van der Waals surface area contributed by atoms with Gasteiger partial charge in [0.05, 0.1) is 21.8 Å². The Bertz CT molecular complexity index is 537. The predicted octanol–water partition coefficient (Wildman–Crippen LogP) is 3.45. The van der Waals surface area contributed by atoms with Crippen LogP contribution in [0.15, 0.2) is 30.5 Å². The molecule has 0 spiro atoms. The lowest BCUT2D eigenvalue weighted by molar-refractivity contribution is 0.568. The average molecular weight is 284 g/mol. The highest BCUT2D eigenvalue weighted by Crippen LogP contribution is 2.25. The van der Waals surface area contributed by atoms with Gasteiger partial charge >= 0.3 is 0 Å². The van der Waals surface area contributed by atoms with Crippen molar-refractivity contribution in [2.24, 2.45) is 5.73 Å². The van der Waals surface area contributed by atoms with Gasteiger partial charge in [0.25, 0.3) is 0 Å². The fourth-order valence-corrected chi connectivity index (χ4v) is 2.27. The van der Waals surface area contributed by atoms with Gasteiger partial charge < -0.3 is 5.73 Å². The molecule has 5 heteroatoms. The summed E-state index contributed by atoms with van der Waals surface area (Å²) in [5.41, 5.74) is 8.30. The molecule has 2 rings (SSSR count). The number of aryl methyl sites for hydroxylation is 1. The smallest absolute Gasteiger partial charge is 0.0595 e. The lowest BCUT2D eigenvalue weighted by Gasteiger charge is -2.13. The second-order valence-corrected chi connectivity index (χ2v) is 4.95. The third-order valence-corrected chi connectivity index (χ3v) is 3.61. The summed E-state index contributed by atoms with van der Waals surface area (Å²) in [6.07, 6.45) is 2.48. The summed E-state index contributed by atoms with van der Waals surface area (Å²) in [5.74, 6) is 0. The molecule has 1 aromatic heterocycles. The van der Waals surface area contributed by atoms with Gasteiger partial charge in [-0.05, 0) is 37.1 Å². The zero-order chi connectivity index (χ0) is 13.1. The fourth-order valence-electron chi connectivity index (χ4n) is 1.95. The standard InChI is InChI=1S/C13H15Cl2N3/c1-2-18-13(5-6-17-18)12(16)8-9-3-4-10(14)11(15)7-9/h3-7,12H,2,8,16H2,1H3. The zero-order valence-corrected chi connectivity index (χ0v) is 11.6. The normalized spacial score (nSPS) is 12.7. The van der Waals surface area contributed by atoms with E-state index in [2.05, 4.69) is 5.10 Å². The van der Waals surface area contributed by atoms with Crippen molar-refractivity contribution in [2.45, 2.75) is 25.9 Å². The van der Waals surface area contributed by atoms with Gasteiger partial charge in [-0.2, -0.15) is 5.10 Å². The number of rotatable bonds is 4. The van der Waals surface area contributed by atoms with E-state index in [1.165, 1.54) is 0 Å². The van der Waals surface area contributed by atoms with Crippen LogP contribution in [0.5, 0.6) is 0 Å². The van der Waals surface area contributed by atoms with E-state index < -0.39 is 0 Å². The van der Waals surface area contributed by atoms with Gasteiger partial charge in [0.1, 0.15) is 0 Å². The summed E-state index contributed by atoms with van der Waals surface area (Å²) < 4.78 is 1.90. The van der Waals surface area contributed by atoms with Gasteiger partial charge in [-0.3, -0.25) is 4.68 Å². The maximum atomic E-state index is 6.20. The van der Waals surface area contributed by atoms with Crippen LogP contribution >= 0.6 is 23.2 Å². The van der Waals surface area contributed by atoms with Gasteiger partial charge in [0, 0.05) is 12.7 Å². The van der Waals surface area contributed by atoms with E-state index in [4.69, 9.17) is 28.9 Å². The van der Waals surface area contributed by atoms with E-state index in [9.17, 15) is 0 Å². The number of nitrogens with two attached hydrogens (primary N) is 1. The minimum Gasteiger partial charge on any atom is -0.322 e. The molecule has 0 saturated carbocycles. The molecule has 2 N–H and O–H groups in total. The van der Waals surface area contributed by atoms with Gasteiger partial charge in [0.15, 0.2) is 0 Å². The molecule has 96 valence electrons. The van der Waals surface area contributed by atoms with Crippen molar-refractivity contribution in [3.63, 3.8) is 0 Å². The summed E-state index contributed by atoms with van der Waals surface area (Å²) in [5, 5.41) is 5.34. The first-order chi connectivity index (χ1) is 8.61. The molecule has 0 bridgehead atoms. The van der Waals surface area contributed by atoms with Crippen LogP contribution in [0.1, 0.15) is 24.2 Å². The van der Waals surface area contributed by atoms with Crippen molar-refractivity contribution < 1.29 is 0 Å². The molecule has 0 amide bonds. The molecule has 1 unspecified atom stereocenters. The molecular weight excluding hydrogens is 269 g/mol. The van der Waals surface area contributed by atoms with E-state index in [0.717, 1.165) is 17.8 Å². The van der Waals surface area contributed by atoms with Crippen LogP contribution in [0, 0.1) is 0 Å². The largest absolute Gasteiger partial charge is 0.322 e.